The van der Waals surface area contributed by atoms with Gasteiger partial charge in [-0.3, -0.25) is 0 Å². The lowest BCUT2D eigenvalue weighted by molar-refractivity contribution is -0.468. The van der Waals surface area contributed by atoms with E-state index in [-0.39, 0.29) is 6.04 Å². The van der Waals surface area contributed by atoms with Gasteiger partial charge in [-0.25, -0.2) is 0 Å². The van der Waals surface area contributed by atoms with Gasteiger partial charge in [-0.05, 0) is 6.92 Å². The summed E-state index contributed by atoms with van der Waals surface area (Å²) in [5.74, 6) is -1.09. The van der Waals surface area contributed by atoms with Gasteiger partial charge in [0.2, 0.25) is 0 Å². The van der Waals surface area contributed by atoms with E-state index in [0.717, 1.165) is 0 Å². The van der Waals surface area contributed by atoms with Crippen molar-refractivity contribution < 1.29 is 21.4 Å². The summed E-state index contributed by atoms with van der Waals surface area (Å²) in [4.78, 5) is 10.0. The Bertz CT molecular complexity index is 103. The maximum atomic E-state index is 10.0. The fourth-order valence-electron chi connectivity index (χ4n) is 0.582. The van der Waals surface area contributed by atoms with Crippen molar-refractivity contribution in [3.8, 4) is 0 Å². The monoisotopic (exact) mass is 133 g/mol. The van der Waals surface area contributed by atoms with Crippen molar-refractivity contribution in [1.29, 1.82) is 0 Å². The van der Waals surface area contributed by atoms with Gasteiger partial charge in [-0.1, -0.05) is 0 Å². The molecule has 0 spiro atoms. The highest BCUT2D eigenvalue weighted by atomic mass is 16.4. The second-order valence-electron chi connectivity index (χ2n) is 2.36. The van der Waals surface area contributed by atoms with Crippen molar-refractivity contribution in [2.75, 3.05) is 0 Å². The summed E-state index contributed by atoms with van der Waals surface area (Å²) in [6.07, 6.45) is 0.488. The van der Waals surface area contributed by atoms with Crippen LogP contribution in [0.5, 0.6) is 0 Å². The highest BCUT2D eigenvalue weighted by molar-refractivity contribution is 5.69. The molecule has 4 nitrogen and oxygen atoms in total. The molecule has 0 aliphatic rings. The van der Waals surface area contributed by atoms with E-state index >= 15 is 0 Å². The number of rotatable bonds is 3. The summed E-state index contributed by atoms with van der Waals surface area (Å²) >= 11 is 0. The van der Waals surface area contributed by atoms with Crippen molar-refractivity contribution in [1.82, 2.24) is 0 Å². The summed E-state index contributed by atoms with van der Waals surface area (Å²) in [5, 5.41) is 10.0. The standard InChI is InChI=1S/C5H12N2O2/c1-3(6)2-4(7)5(8)9/h3-4H,2,6-7H2,1H3,(H,8,9)/p+1/t3-,4+/m1/s1. The molecule has 9 heavy (non-hydrogen) atoms. The maximum Gasteiger partial charge on any atom is 0.130 e. The lowest BCUT2D eigenvalue weighted by Gasteiger charge is -2.08. The Kier molecular flexibility index (Phi) is 3.19. The second kappa shape index (κ2) is 3.42. The molecule has 0 heterocycles. The molecule has 0 bridgehead atoms. The molecule has 0 saturated carbocycles. The van der Waals surface area contributed by atoms with Crippen molar-refractivity contribution >= 4 is 5.97 Å². The zero-order valence-corrected chi connectivity index (χ0v) is 5.59. The van der Waals surface area contributed by atoms with E-state index in [9.17, 15) is 9.90 Å². The SMILES string of the molecule is C[C@@H]([NH3+])C[C@H]([NH3+])C(=O)[O-]. The summed E-state index contributed by atoms with van der Waals surface area (Å²) in [5.41, 5.74) is 7.01. The average Bonchev–Trinajstić information content (AvgIpc) is 1.63. The van der Waals surface area contributed by atoms with E-state index in [2.05, 4.69) is 11.5 Å². The van der Waals surface area contributed by atoms with Crippen LogP contribution in [0.25, 0.3) is 0 Å². The molecule has 0 rings (SSSR count). The molecule has 0 aromatic rings. The minimum Gasteiger partial charge on any atom is -0.544 e. The Balaban J connectivity index is 3.50. The number of carboxylic acids is 1. The van der Waals surface area contributed by atoms with Crippen LogP contribution in [0.2, 0.25) is 0 Å². The van der Waals surface area contributed by atoms with Crippen LogP contribution in [0, 0.1) is 0 Å². The first kappa shape index (κ1) is 8.39. The van der Waals surface area contributed by atoms with Crippen LogP contribution in [0.1, 0.15) is 13.3 Å². The number of hydrogen-bond donors (Lipinski definition) is 2. The third-order valence-electron chi connectivity index (χ3n) is 1.02. The van der Waals surface area contributed by atoms with Gasteiger partial charge in [0.25, 0.3) is 0 Å². The predicted octanol–water partition coefficient (Wildman–Crippen LogP) is -3.63. The normalized spacial score (nSPS) is 16.8. The molecule has 0 aromatic heterocycles. The number of carboxylic acid groups (broad SMARTS) is 1. The number of aliphatic carboxylic acids is 1. The second-order valence-corrected chi connectivity index (χ2v) is 2.36. The van der Waals surface area contributed by atoms with Crippen molar-refractivity contribution in [2.24, 2.45) is 0 Å². The molecule has 0 saturated heterocycles. The van der Waals surface area contributed by atoms with Crippen LogP contribution >= 0.6 is 0 Å². The first-order valence-electron chi connectivity index (χ1n) is 2.91. The van der Waals surface area contributed by atoms with Crippen LogP contribution in [-0.2, 0) is 4.79 Å². The largest absolute Gasteiger partial charge is 0.544 e. The van der Waals surface area contributed by atoms with Gasteiger partial charge in [-0.15, -0.1) is 0 Å². The summed E-state index contributed by atoms with van der Waals surface area (Å²) in [7, 11) is 0. The van der Waals surface area contributed by atoms with E-state index in [4.69, 9.17) is 0 Å². The van der Waals surface area contributed by atoms with Crippen LogP contribution in [0.4, 0.5) is 0 Å². The minimum absolute atomic E-state index is 0.130. The minimum atomic E-state index is -1.09. The van der Waals surface area contributed by atoms with Crippen molar-refractivity contribution in [3.05, 3.63) is 0 Å². The predicted molar refractivity (Wildman–Crippen MR) is 28.7 cm³/mol. The molecule has 6 N–H and O–H groups in total. The molecule has 2 atom stereocenters. The maximum absolute atomic E-state index is 10.0. The molecule has 0 amide bonds. The van der Waals surface area contributed by atoms with Crippen LogP contribution in [-0.4, -0.2) is 18.1 Å². The molecule has 0 aliphatic carbocycles. The summed E-state index contributed by atoms with van der Waals surface area (Å²) in [6.45, 7) is 1.85. The molecule has 0 aromatic carbocycles. The van der Waals surface area contributed by atoms with Crippen LogP contribution in [0.3, 0.4) is 0 Å². The highest BCUT2D eigenvalue weighted by Crippen LogP contribution is 1.85. The highest BCUT2D eigenvalue weighted by Gasteiger charge is 2.10. The number of carbonyl (C=O) groups excluding carboxylic acids is 1. The fraction of sp³-hybridized carbons (Fsp3) is 0.800. The van der Waals surface area contributed by atoms with Crippen molar-refractivity contribution in [2.45, 2.75) is 25.4 Å². The average molecular weight is 133 g/mol. The van der Waals surface area contributed by atoms with E-state index in [0.29, 0.717) is 6.42 Å². The van der Waals surface area contributed by atoms with E-state index < -0.39 is 12.0 Å². The van der Waals surface area contributed by atoms with Gasteiger partial charge in [0.15, 0.2) is 0 Å². The zero-order valence-electron chi connectivity index (χ0n) is 5.59. The molecule has 54 valence electrons. The smallest absolute Gasteiger partial charge is 0.130 e. The van der Waals surface area contributed by atoms with Gasteiger partial charge in [0.1, 0.15) is 6.04 Å². The Labute approximate surface area is 53.8 Å². The number of quaternary nitrogens is 2. The first-order chi connectivity index (χ1) is 4.04. The van der Waals surface area contributed by atoms with Crippen molar-refractivity contribution in [3.63, 3.8) is 0 Å². The Morgan fingerprint density at radius 1 is 1.67 bits per heavy atom. The molecule has 0 unspecified atom stereocenters. The third-order valence-corrected chi connectivity index (χ3v) is 1.02. The Morgan fingerprint density at radius 2 is 2.11 bits per heavy atom. The van der Waals surface area contributed by atoms with Gasteiger partial charge >= 0.3 is 0 Å². The van der Waals surface area contributed by atoms with Gasteiger partial charge in [-0.2, -0.15) is 0 Å². The molecule has 4 heteroatoms. The molecule has 0 radical (unpaired) electrons. The number of carbonyl (C=O) groups is 1. The van der Waals surface area contributed by atoms with Crippen LogP contribution in [0.15, 0.2) is 0 Å². The van der Waals surface area contributed by atoms with Crippen LogP contribution < -0.4 is 16.6 Å². The topological polar surface area (TPSA) is 95.4 Å². The number of hydrogen-bond acceptors (Lipinski definition) is 2. The quantitative estimate of drug-likeness (QED) is 0.415. The molecular formula is C5H13N2O2+. The van der Waals surface area contributed by atoms with E-state index in [1.54, 1.807) is 0 Å². The lowest BCUT2D eigenvalue weighted by atomic mass is 10.1. The molecule has 0 aliphatic heterocycles. The third kappa shape index (κ3) is 3.93. The van der Waals surface area contributed by atoms with Gasteiger partial charge < -0.3 is 21.4 Å². The van der Waals surface area contributed by atoms with Gasteiger partial charge in [0.05, 0.1) is 18.4 Å². The first-order valence-corrected chi connectivity index (χ1v) is 2.91. The lowest BCUT2D eigenvalue weighted by Crippen LogP contribution is -2.72. The zero-order chi connectivity index (χ0) is 7.44. The Hall–Kier alpha value is -0.610. The summed E-state index contributed by atoms with van der Waals surface area (Å²) in [6, 6.07) is -0.483. The Morgan fingerprint density at radius 3 is 2.22 bits per heavy atom. The summed E-state index contributed by atoms with van der Waals surface area (Å²) < 4.78 is 0. The fourth-order valence-corrected chi connectivity index (χ4v) is 0.582. The molecule has 0 fully saturated rings. The van der Waals surface area contributed by atoms with E-state index in [1.165, 1.54) is 0 Å². The van der Waals surface area contributed by atoms with Gasteiger partial charge in [0, 0.05) is 0 Å². The van der Waals surface area contributed by atoms with E-state index in [1.807, 2.05) is 6.92 Å². The molecular weight excluding hydrogens is 120 g/mol.